The fraction of sp³-hybridized carbons (Fsp3) is 0.800. The summed E-state index contributed by atoms with van der Waals surface area (Å²) in [6, 6.07) is 0.619. The normalized spacial score (nSPS) is 30.4. The molecular formula is C15H24BrN3. The quantitative estimate of drug-likeness (QED) is 0.901. The summed E-state index contributed by atoms with van der Waals surface area (Å²) in [4.78, 5) is 0. The number of likely N-dealkylation sites (N-methyl/N-ethyl adjacent to an activating group) is 1. The Kier molecular flexibility index (Phi) is 3.73. The summed E-state index contributed by atoms with van der Waals surface area (Å²) in [5.74, 6) is 2.93. The predicted octanol–water partition coefficient (Wildman–Crippen LogP) is 3.15. The Morgan fingerprint density at radius 3 is 2.68 bits per heavy atom. The van der Waals surface area contributed by atoms with E-state index in [1.807, 2.05) is 0 Å². The Bertz CT molecular complexity index is 458. The van der Waals surface area contributed by atoms with Gasteiger partial charge in [-0.2, -0.15) is 5.10 Å². The van der Waals surface area contributed by atoms with Crippen LogP contribution in [0.1, 0.15) is 37.6 Å². The van der Waals surface area contributed by atoms with E-state index in [0.717, 1.165) is 36.4 Å². The average Bonchev–Trinajstić information content (AvgIpc) is 2.78. The van der Waals surface area contributed by atoms with Crippen molar-refractivity contribution in [3.8, 4) is 0 Å². The molecule has 3 unspecified atom stereocenters. The zero-order chi connectivity index (χ0) is 13.6. The summed E-state index contributed by atoms with van der Waals surface area (Å²) in [5, 5.41) is 8.18. The second kappa shape index (κ2) is 5.21. The number of rotatable bonds is 5. The highest BCUT2D eigenvalue weighted by molar-refractivity contribution is 9.10. The van der Waals surface area contributed by atoms with Crippen LogP contribution in [0.2, 0.25) is 0 Å². The first kappa shape index (κ1) is 13.6. The van der Waals surface area contributed by atoms with Crippen molar-refractivity contribution >= 4 is 15.9 Å². The molecule has 0 amide bonds. The van der Waals surface area contributed by atoms with Gasteiger partial charge in [-0.05, 0) is 67.4 Å². The van der Waals surface area contributed by atoms with Gasteiger partial charge in [0.25, 0.3) is 0 Å². The van der Waals surface area contributed by atoms with Crippen LogP contribution in [0.4, 0.5) is 0 Å². The van der Waals surface area contributed by atoms with Gasteiger partial charge in [0, 0.05) is 19.0 Å². The van der Waals surface area contributed by atoms with Crippen molar-refractivity contribution in [2.24, 2.45) is 17.8 Å². The molecule has 1 N–H and O–H groups in total. The zero-order valence-electron chi connectivity index (χ0n) is 12.1. The number of hydrogen-bond donors (Lipinski definition) is 1. The first-order chi connectivity index (χ1) is 9.17. The van der Waals surface area contributed by atoms with Gasteiger partial charge in [0.05, 0.1) is 15.9 Å². The molecule has 1 aromatic rings. The SMILES string of the molecule is CCn1nc(C)c(Br)c1CC(NC)C1C2CCCC21. The molecule has 3 nitrogen and oxygen atoms in total. The molecule has 0 radical (unpaired) electrons. The molecule has 2 saturated carbocycles. The van der Waals surface area contributed by atoms with Crippen molar-refractivity contribution in [2.75, 3.05) is 7.05 Å². The maximum Gasteiger partial charge on any atom is 0.0738 e. The summed E-state index contributed by atoms with van der Waals surface area (Å²) in [5.41, 5.74) is 2.48. The van der Waals surface area contributed by atoms with Crippen LogP contribution in [-0.2, 0) is 13.0 Å². The standard InChI is InChI=1S/C15H24BrN3/c1-4-19-13(15(16)9(2)18-19)8-12(17-3)14-10-6-5-7-11(10)14/h10-12,14,17H,4-8H2,1-3H3. The smallest absolute Gasteiger partial charge is 0.0738 e. The number of fused-ring (bicyclic) bond motifs is 1. The number of nitrogens with zero attached hydrogens (tertiary/aromatic N) is 2. The van der Waals surface area contributed by atoms with Crippen LogP contribution in [-0.4, -0.2) is 22.9 Å². The van der Waals surface area contributed by atoms with Crippen molar-refractivity contribution in [3.63, 3.8) is 0 Å². The lowest BCUT2D eigenvalue weighted by Gasteiger charge is -2.19. The first-order valence-electron chi connectivity index (χ1n) is 7.56. The van der Waals surface area contributed by atoms with Crippen molar-refractivity contribution in [1.29, 1.82) is 0 Å². The van der Waals surface area contributed by atoms with Crippen molar-refractivity contribution in [3.05, 3.63) is 15.9 Å². The fourth-order valence-electron chi connectivity index (χ4n) is 4.18. The molecule has 2 fully saturated rings. The summed E-state index contributed by atoms with van der Waals surface area (Å²) in [7, 11) is 2.12. The fourth-order valence-corrected chi connectivity index (χ4v) is 4.62. The van der Waals surface area contributed by atoms with E-state index in [9.17, 15) is 0 Å². The molecule has 1 aromatic heterocycles. The Morgan fingerprint density at radius 2 is 2.11 bits per heavy atom. The maximum absolute atomic E-state index is 4.61. The first-order valence-corrected chi connectivity index (χ1v) is 8.35. The van der Waals surface area contributed by atoms with Crippen molar-refractivity contribution in [2.45, 2.75) is 52.1 Å². The van der Waals surface area contributed by atoms with E-state index in [-0.39, 0.29) is 0 Å². The van der Waals surface area contributed by atoms with Crippen LogP contribution < -0.4 is 5.32 Å². The molecule has 2 aliphatic carbocycles. The Balaban J connectivity index is 1.76. The summed E-state index contributed by atoms with van der Waals surface area (Å²) >= 11 is 3.72. The zero-order valence-corrected chi connectivity index (χ0v) is 13.7. The molecule has 3 rings (SSSR count). The Morgan fingerprint density at radius 1 is 1.42 bits per heavy atom. The van der Waals surface area contributed by atoms with Gasteiger partial charge in [0.15, 0.2) is 0 Å². The van der Waals surface area contributed by atoms with Gasteiger partial charge >= 0.3 is 0 Å². The molecule has 0 saturated heterocycles. The van der Waals surface area contributed by atoms with E-state index in [4.69, 9.17) is 0 Å². The lowest BCUT2D eigenvalue weighted by Crippen LogP contribution is -2.32. The van der Waals surface area contributed by atoms with Crippen molar-refractivity contribution < 1.29 is 0 Å². The van der Waals surface area contributed by atoms with Gasteiger partial charge in [0.2, 0.25) is 0 Å². The molecule has 4 heteroatoms. The lowest BCUT2D eigenvalue weighted by atomic mass is 9.99. The van der Waals surface area contributed by atoms with E-state index in [2.05, 4.69) is 51.9 Å². The van der Waals surface area contributed by atoms with Crippen LogP contribution in [0.25, 0.3) is 0 Å². The van der Waals surface area contributed by atoms with E-state index < -0.39 is 0 Å². The minimum absolute atomic E-state index is 0.619. The highest BCUT2D eigenvalue weighted by Crippen LogP contribution is 2.59. The van der Waals surface area contributed by atoms with E-state index in [1.165, 1.54) is 29.4 Å². The molecular weight excluding hydrogens is 302 g/mol. The van der Waals surface area contributed by atoms with Gasteiger partial charge in [-0.1, -0.05) is 6.42 Å². The lowest BCUT2D eigenvalue weighted by molar-refractivity contribution is 0.416. The average molecular weight is 326 g/mol. The highest BCUT2D eigenvalue weighted by Gasteiger charge is 2.55. The number of nitrogens with one attached hydrogen (secondary N) is 1. The maximum atomic E-state index is 4.61. The second-order valence-corrected chi connectivity index (χ2v) is 6.89. The second-order valence-electron chi connectivity index (χ2n) is 6.10. The van der Waals surface area contributed by atoms with Gasteiger partial charge in [-0.15, -0.1) is 0 Å². The van der Waals surface area contributed by atoms with Gasteiger partial charge < -0.3 is 5.32 Å². The molecule has 0 aromatic carbocycles. The van der Waals surface area contributed by atoms with Crippen LogP contribution in [0, 0.1) is 24.7 Å². The predicted molar refractivity (Wildman–Crippen MR) is 81.2 cm³/mol. The summed E-state index contributed by atoms with van der Waals surface area (Å²) in [6.07, 6.45) is 5.48. The monoisotopic (exact) mass is 325 g/mol. The molecule has 0 spiro atoms. The minimum Gasteiger partial charge on any atom is -0.316 e. The number of halogens is 1. The molecule has 19 heavy (non-hydrogen) atoms. The highest BCUT2D eigenvalue weighted by atomic mass is 79.9. The third kappa shape index (κ3) is 2.27. The molecule has 0 aliphatic heterocycles. The third-order valence-electron chi connectivity index (χ3n) is 5.17. The van der Waals surface area contributed by atoms with Gasteiger partial charge in [-0.25, -0.2) is 0 Å². The largest absolute Gasteiger partial charge is 0.316 e. The van der Waals surface area contributed by atoms with Crippen LogP contribution in [0.15, 0.2) is 4.47 Å². The van der Waals surface area contributed by atoms with Crippen LogP contribution in [0.3, 0.4) is 0 Å². The van der Waals surface area contributed by atoms with E-state index in [0.29, 0.717) is 6.04 Å². The Hall–Kier alpha value is -0.350. The minimum atomic E-state index is 0.619. The van der Waals surface area contributed by atoms with Crippen LogP contribution in [0.5, 0.6) is 0 Å². The number of hydrogen-bond acceptors (Lipinski definition) is 2. The summed E-state index contributed by atoms with van der Waals surface area (Å²) < 4.78 is 3.36. The van der Waals surface area contributed by atoms with Gasteiger partial charge in [-0.3, -0.25) is 4.68 Å². The van der Waals surface area contributed by atoms with Gasteiger partial charge in [0.1, 0.15) is 0 Å². The van der Waals surface area contributed by atoms with Crippen molar-refractivity contribution in [1.82, 2.24) is 15.1 Å². The summed E-state index contributed by atoms with van der Waals surface area (Å²) in [6.45, 7) is 5.21. The molecule has 2 aliphatic rings. The third-order valence-corrected chi connectivity index (χ3v) is 6.21. The molecule has 106 valence electrons. The topological polar surface area (TPSA) is 29.9 Å². The van der Waals surface area contributed by atoms with E-state index >= 15 is 0 Å². The Labute approximate surface area is 124 Å². The molecule has 3 atom stereocenters. The number of aromatic nitrogens is 2. The molecule has 1 heterocycles. The molecule has 0 bridgehead atoms. The van der Waals surface area contributed by atoms with Crippen LogP contribution >= 0.6 is 15.9 Å². The van der Waals surface area contributed by atoms with E-state index in [1.54, 1.807) is 0 Å². The number of aryl methyl sites for hydroxylation is 2.